The summed E-state index contributed by atoms with van der Waals surface area (Å²) in [6.07, 6.45) is 3.78. The molecule has 0 spiro atoms. The minimum absolute atomic E-state index is 0.527. The van der Waals surface area contributed by atoms with Gasteiger partial charge in [0.25, 0.3) is 0 Å². The van der Waals surface area contributed by atoms with Gasteiger partial charge in [0.15, 0.2) is 34.9 Å². The molecular weight excluding hydrogens is 1260 g/mol. The normalized spacial score (nSPS) is 11.2. The quantitative estimate of drug-likeness (QED) is 0.127. The second kappa shape index (κ2) is 27.1. The molecule has 10 nitrogen and oxygen atoms in total. The van der Waals surface area contributed by atoms with Crippen molar-refractivity contribution < 1.29 is 10.0 Å². The third-order valence-electron chi connectivity index (χ3n) is 17.0. The van der Waals surface area contributed by atoms with Crippen molar-refractivity contribution in [2.45, 2.75) is 0 Å². The first-order chi connectivity index (χ1) is 48.3. The number of aromatic nitrogens is 8. The van der Waals surface area contributed by atoms with E-state index in [0.717, 1.165) is 98.7 Å². The van der Waals surface area contributed by atoms with E-state index in [0.29, 0.717) is 45.4 Å². The molecule has 0 saturated heterocycles. The number of nitrogens with zero attached hydrogens (tertiary/aromatic N) is 8. The average molecular weight is 1320 g/mol. The third kappa shape index (κ3) is 12.7. The molecule has 464 valence electrons. The second-order valence-electron chi connectivity index (χ2n) is 23.4. The van der Waals surface area contributed by atoms with E-state index < -0.39 is 7.12 Å². The summed E-state index contributed by atoms with van der Waals surface area (Å²) in [5.41, 5.74) is 14.6. The standard InChI is InChI=1S/C42H26N4S.C32H19ClN4S.C10H9BO2/c1-3-12-28(13-4-1)40-44-41(29-14-5-2-6-15-29)46-42(45-40)34-25-32(31-20-19-27-11-7-8-16-30(27)23-31)24-33(26-34)35-21-22-43-38-36-17-9-10-18-37(36)47-39(35)38;33-24-18-22(25-15-16-34-28-26-13-7-8-14-27(26)38-29(25)28)17-23(19-24)32-36-30(20-9-3-1-4-10-20)35-31(37-32)21-11-5-2-6-12-21;12-11(13)10-6-5-8-3-1-2-4-9(8)7-10/h1-26H;1-19H;1-7,12-13H. The summed E-state index contributed by atoms with van der Waals surface area (Å²) in [5.74, 6) is 3.72. The lowest BCUT2D eigenvalue weighted by Gasteiger charge is -2.13. The van der Waals surface area contributed by atoms with E-state index >= 15 is 0 Å². The first-order valence-electron chi connectivity index (χ1n) is 31.8. The maximum Gasteiger partial charge on any atom is 0.488 e. The van der Waals surface area contributed by atoms with Gasteiger partial charge >= 0.3 is 7.12 Å². The zero-order valence-corrected chi connectivity index (χ0v) is 54.7. The molecule has 18 aromatic rings. The molecular formula is C84H54BClN8O2S2. The van der Waals surface area contributed by atoms with E-state index in [9.17, 15) is 0 Å². The van der Waals surface area contributed by atoms with E-state index in [2.05, 4.69) is 121 Å². The Kier molecular flexibility index (Phi) is 16.9. The van der Waals surface area contributed by atoms with Gasteiger partial charge in [-0.15, -0.1) is 22.7 Å². The highest BCUT2D eigenvalue weighted by atomic mass is 35.5. The summed E-state index contributed by atoms with van der Waals surface area (Å²) in [4.78, 5) is 39.2. The van der Waals surface area contributed by atoms with Crippen LogP contribution in [0.3, 0.4) is 0 Å². The topological polar surface area (TPSA) is 144 Å². The van der Waals surface area contributed by atoms with E-state index in [-0.39, 0.29) is 0 Å². The van der Waals surface area contributed by atoms with Gasteiger partial charge in [-0.2, -0.15) is 0 Å². The smallest absolute Gasteiger partial charge is 0.423 e. The molecule has 14 heteroatoms. The van der Waals surface area contributed by atoms with E-state index in [1.165, 1.54) is 30.3 Å². The number of benzene rings is 12. The minimum Gasteiger partial charge on any atom is -0.423 e. The highest BCUT2D eigenvalue weighted by Gasteiger charge is 2.20. The lowest BCUT2D eigenvalue weighted by molar-refractivity contribution is 0.426. The molecule has 2 N–H and O–H groups in total. The van der Waals surface area contributed by atoms with Crippen LogP contribution in [0.4, 0.5) is 0 Å². The van der Waals surface area contributed by atoms with Gasteiger partial charge in [0.2, 0.25) is 0 Å². The van der Waals surface area contributed by atoms with Crippen molar-refractivity contribution in [3.05, 3.63) is 321 Å². The lowest BCUT2D eigenvalue weighted by Crippen LogP contribution is -2.29. The summed E-state index contributed by atoms with van der Waals surface area (Å²) in [6.45, 7) is 0. The van der Waals surface area contributed by atoms with Crippen molar-refractivity contribution in [3.8, 4) is 102 Å². The van der Waals surface area contributed by atoms with Crippen LogP contribution in [-0.2, 0) is 0 Å². The van der Waals surface area contributed by atoms with Crippen molar-refractivity contribution >= 4 is 109 Å². The number of halogens is 1. The third-order valence-corrected chi connectivity index (χ3v) is 19.6. The van der Waals surface area contributed by atoms with Gasteiger partial charge in [-0.3, -0.25) is 9.97 Å². The van der Waals surface area contributed by atoms with Gasteiger partial charge < -0.3 is 10.0 Å². The number of fused-ring (bicyclic) bond motifs is 8. The van der Waals surface area contributed by atoms with Crippen LogP contribution in [0.15, 0.2) is 316 Å². The molecule has 0 saturated carbocycles. The van der Waals surface area contributed by atoms with E-state index in [4.69, 9.17) is 61.5 Å². The summed E-state index contributed by atoms with van der Waals surface area (Å²) in [7, 11) is -1.38. The monoisotopic (exact) mass is 1320 g/mol. The number of pyridine rings is 2. The number of thiophene rings is 2. The molecule has 0 bridgehead atoms. The summed E-state index contributed by atoms with van der Waals surface area (Å²) in [6, 6.07) is 102. The summed E-state index contributed by atoms with van der Waals surface area (Å²) < 4.78 is 4.74. The highest BCUT2D eigenvalue weighted by Crippen LogP contribution is 2.43. The number of hydrogen-bond donors (Lipinski definition) is 2. The Morgan fingerprint density at radius 3 is 1.08 bits per heavy atom. The van der Waals surface area contributed by atoms with Crippen LogP contribution in [0.1, 0.15) is 0 Å². The van der Waals surface area contributed by atoms with Crippen LogP contribution in [-0.4, -0.2) is 57.0 Å². The number of hydrogen-bond acceptors (Lipinski definition) is 12. The van der Waals surface area contributed by atoms with Crippen molar-refractivity contribution in [2.24, 2.45) is 0 Å². The maximum atomic E-state index is 8.94. The Labute approximate surface area is 577 Å². The minimum atomic E-state index is -1.38. The van der Waals surface area contributed by atoms with Crippen molar-refractivity contribution in [3.63, 3.8) is 0 Å². The average Bonchev–Trinajstić information content (AvgIpc) is 1.51. The fraction of sp³-hybridized carbons (Fsp3) is 0. The molecule has 0 aliphatic heterocycles. The molecule has 98 heavy (non-hydrogen) atoms. The zero-order valence-electron chi connectivity index (χ0n) is 52.3. The van der Waals surface area contributed by atoms with Gasteiger partial charge in [0, 0.05) is 82.1 Å². The SMILES string of the molecule is Clc1cc(-c2nc(-c3ccccc3)nc(-c3ccccc3)n2)cc(-c2ccnc3c2sc2ccccc23)c1.OB(O)c1ccc2ccccc2c1.c1ccc(-c2nc(-c3ccccc3)nc(-c3cc(-c4ccc5ccccc5c4)cc(-c4ccnc5c4sc4ccccc45)c3)n2)cc1. The van der Waals surface area contributed by atoms with Gasteiger partial charge in [0.05, 0.1) is 20.4 Å². The van der Waals surface area contributed by atoms with Gasteiger partial charge in [-0.05, 0) is 116 Å². The fourth-order valence-electron chi connectivity index (χ4n) is 12.2. The second-order valence-corrected chi connectivity index (χ2v) is 26.0. The number of rotatable bonds is 10. The zero-order chi connectivity index (χ0) is 65.9. The molecule has 0 aliphatic rings. The van der Waals surface area contributed by atoms with Crippen molar-refractivity contribution in [1.82, 2.24) is 39.9 Å². The summed E-state index contributed by atoms with van der Waals surface area (Å²) in [5, 5.41) is 25.4. The van der Waals surface area contributed by atoms with E-state index in [1.807, 2.05) is 182 Å². The predicted molar refractivity (Wildman–Crippen MR) is 406 cm³/mol. The van der Waals surface area contributed by atoms with Crippen LogP contribution in [0.2, 0.25) is 5.02 Å². The fourth-order valence-corrected chi connectivity index (χ4v) is 14.9. The van der Waals surface area contributed by atoms with Crippen LogP contribution in [0, 0.1) is 0 Å². The van der Waals surface area contributed by atoms with Gasteiger partial charge in [-0.25, -0.2) is 29.9 Å². The van der Waals surface area contributed by atoms with E-state index in [1.54, 1.807) is 34.8 Å². The predicted octanol–water partition coefficient (Wildman–Crippen LogP) is 20.6. The maximum absolute atomic E-state index is 8.94. The Hall–Kier alpha value is -11.8. The lowest BCUT2D eigenvalue weighted by atomic mass is 9.79. The Morgan fingerprint density at radius 2 is 0.622 bits per heavy atom. The Morgan fingerprint density at radius 1 is 0.276 bits per heavy atom. The van der Waals surface area contributed by atoms with Crippen LogP contribution in [0.5, 0.6) is 0 Å². The molecule has 0 fully saturated rings. The molecule has 0 radical (unpaired) electrons. The van der Waals surface area contributed by atoms with Crippen molar-refractivity contribution in [1.29, 1.82) is 0 Å². The molecule has 0 atom stereocenters. The molecule has 18 rings (SSSR count). The van der Waals surface area contributed by atoms with Crippen molar-refractivity contribution in [2.75, 3.05) is 0 Å². The molecule has 0 amide bonds. The summed E-state index contributed by atoms with van der Waals surface area (Å²) >= 11 is 10.2. The molecule has 0 aliphatic carbocycles. The first-order valence-corrected chi connectivity index (χ1v) is 33.9. The molecule has 12 aromatic carbocycles. The largest absolute Gasteiger partial charge is 0.488 e. The van der Waals surface area contributed by atoms with Gasteiger partial charge in [-0.1, -0.05) is 248 Å². The highest BCUT2D eigenvalue weighted by molar-refractivity contribution is 7.26. The Balaban J connectivity index is 0.000000131. The van der Waals surface area contributed by atoms with Crippen LogP contribution >= 0.6 is 34.3 Å². The molecule has 0 unspecified atom stereocenters. The van der Waals surface area contributed by atoms with Crippen LogP contribution in [0.25, 0.3) is 164 Å². The van der Waals surface area contributed by atoms with Gasteiger partial charge in [0.1, 0.15) is 0 Å². The Bertz CT molecular complexity index is 5850. The molecule has 6 heterocycles. The molecule has 6 aromatic heterocycles. The first kappa shape index (κ1) is 61.1. The van der Waals surface area contributed by atoms with Crippen LogP contribution < -0.4 is 5.46 Å².